The van der Waals surface area contributed by atoms with E-state index < -0.39 is 46.8 Å². The van der Waals surface area contributed by atoms with Crippen LogP contribution in [-0.2, 0) is 56.0 Å². The van der Waals surface area contributed by atoms with Crippen LogP contribution in [0.4, 0.5) is 22.7 Å². The van der Waals surface area contributed by atoms with Gasteiger partial charge in [0.1, 0.15) is 0 Å². The van der Waals surface area contributed by atoms with E-state index in [4.69, 9.17) is 46.0 Å². The van der Waals surface area contributed by atoms with Crippen molar-refractivity contribution in [3.63, 3.8) is 0 Å². The summed E-state index contributed by atoms with van der Waals surface area (Å²) in [7, 11) is 4.57. The molecule has 71 heavy (non-hydrogen) atoms. The van der Waals surface area contributed by atoms with Crippen LogP contribution in [0.1, 0.15) is 144 Å². The minimum atomic E-state index is -1.48. The second-order valence-corrected chi connectivity index (χ2v) is 19.9. The largest absolute Gasteiger partial charge is 0 e. The molecule has 4 amide bonds. The molecular weight excluding hydrogens is 1110 g/mol. The second kappa shape index (κ2) is 33.6. The predicted octanol–water partition coefficient (Wildman–Crippen LogP) is 7.69. The fraction of sp³-hybridized carbons (Fsp3) is 0.451. The van der Waals surface area contributed by atoms with Crippen LogP contribution < -0.4 is 21.3 Å². The van der Waals surface area contributed by atoms with Gasteiger partial charge in [-0.2, -0.15) is 0 Å². The van der Waals surface area contributed by atoms with Crippen molar-refractivity contribution in [2.24, 2.45) is 21.7 Å². The number of hydrogen-bond acceptors (Lipinski definition) is 13. The molecule has 0 heterocycles. The van der Waals surface area contributed by atoms with Gasteiger partial charge in [0, 0.05) is 92.2 Å². The number of anilines is 4. The Kier molecular flexibility index (Phi) is 33.7. The van der Waals surface area contributed by atoms with Crippen molar-refractivity contribution in [1.29, 1.82) is 0 Å². The summed E-state index contributed by atoms with van der Waals surface area (Å²) in [6.45, 7) is 25.4. The Morgan fingerprint density at radius 3 is 0.549 bits per heavy atom. The fourth-order valence-electron chi connectivity index (χ4n) is 4.23. The maximum Gasteiger partial charge on any atom is 0 e. The van der Waals surface area contributed by atoms with E-state index in [1.54, 1.807) is 111 Å². The van der Waals surface area contributed by atoms with Crippen LogP contribution in [0, 0.1) is 21.7 Å². The molecule has 0 fully saturated rings. The molecule has 0 aliphatic carbocycles. The first-order chi connectivity index (χ1) is 31.9. The van der Waals surface area contributed by atoms with Gasteiger partial charge >= 0.3 is 27.0 Å². The number of carbonyl (C=O) groups excluding carboxylic acids is 4. The van der Waals surface area contributed by atoms with Gasteiger partial charge < -0.3 is 67.2 Å². The number of amides is 4. The van der Waals surface area contributed by atoms with E-state index in [1.807, 2.05) is 100 Å². The van der Waals surface area contributed by atoms with Crippen molar-refractivity contribution in [3.8, 4) is 0 Å². The van der Waals surface area contributed by atoms with E-state index in [9.17, 15) is 19.2 Å². The van der Waals surface area contributed by atoms with Crippen LogP contribution in [0.3, 0.4) is 0 Å². The topological polar surface area (TPSA) is 298 Å². The molecule has 0 saturated carbocycles. The second-order valence-electron chi connectivity index (χ2n) is 19.9. The molecule has 0 saturated heterocycles. The molecule has 4 rings (SSSR count). The molecular formula is C51H76ClN4O13Ru2. The zero-order valence-corrected chi connectivity index (χ0v) is 47.1. The Morgan fingerprint density at radius 2 is 0.465 bits per heavy atom. The maximum absolute atomic E-state index is 11.6. The summed E-state index contributed by atoms with van der Waals surface area (Å²) in [5.41, 5.74) is 2.36. The smallest absolute Gasteiger partial charge is 0 e. The number of nitrogens with one attached hydrogen (secondary N) is 4. The summed E-state index contributed by atoms with van der Waals surface area (Å²) >= 11 is 1.82. The molecule has 0 radical (unpaired) electrons. The Labute approximate surface area is 446 Å². The molecule has 13 N–H and O–H groups in total. The van der Waals surface area contributed by atoms with Crippen LogP contribution in [0.5, 0.6) is 0 Å². The first-order valence-electron chi connectivity index (χ1n) is 21.9. The van der Waals surface area contributed by atoms with Crippen molar-refractivity contribution in [1.82, 2.24) is 0 Å². The average molecular weight is 1190 g/mol. The zero-order chi connectivity index (χ0) is 55.0. The fourth-order valence-corrected chi connectivity index (χ4v) is 4.23. The van der Waals surface area contributed by atoms with E-state index >= 15 is 0 Å². The number of aliphatic hydroxyl groups is 9. The van der Waals surface area contributed by atoms with E-state index in [1.165, 1.54) is 0 Å². The van der Waals surface area contributed by atoms with Crippen molar-refractivity contribution < 1.29 is 102 Å². The van der Waals surface area contributed by atoms with Gasteiger partial charge in [-0.3, -0.25) is 19.2 Å². The molecule has 0 bridgehead atoms. The van der Waals surface area contributed by atoms with Crippen molar-refractivity contribution in [2.75, 3.05) is 21.3 Å². The summed E-state index contributed by atoms with van der Waals surface area (Å²) in [4.78, 5) is 46.6. The molecule has 4 aromatic carbocycles. The Hall–Kier alpha value is -4.06. The SMILES string of the molecule is CC(C)(C)C(=O)Nc1ccc(C(O)O)cc1.CC(C)(C)C(=O)Nc1ccc(C(O)O)cc1.CC(C)(C)C(=O)Nc1ccc(C(O)O)cc1.CC(C)(C)C(=O)Nc1ccc(C(O)O)cc1.CC(C)O.[Cl][Ru].[Ru]. The molecule has 0 atom stereocenters. The Balaban J connectivity index is -0.000000832. The van der Waals surface area contributed by atoms with Crippen LogP contribution >= 0.6 is 9.69 Å². The van der Waals surface area contributed by atoms with Gasteiger partial charge in [-0.05, 0) is 62.4 Å². The molecule has 0 aromatic heterocycles. The third-order valence-corrected chi connectivity index (χ3v) is 8.59. The number of rotatable bonds is 8. The molecule has 401 valence electrons. The molecule has 0 aliphatic heterocycles. The van der Waals surface area contributed by atoms with Gasteiger partial charge in [0.2, 0.25) is 23.6 Å². The van der Waals surface area contributed by atoms with Gasteiger partial charge in [0.15, 0.2) is 25.2 Å². The number of aliphatic hydroxyl groups excluding tert-OH is 5. The summed E-state index contributed by atoms with van der Waals surface area (Å²) in [5, 5.41) is 90.2. The third kappa shape index (κ3) is 31.9. The average Bonchev–Trinajstić information content (AvgIpc) is 3.24. The van der Waals surface area contributed by atoms with Crippen molar-refractivity contribution in [2.45, 2.75) is 128 Å². The first kappa shape index (κ1) is 71.2. The van der Waals surface area contributed by atoms with E-state index in [0.717, 1.165) is 0 Å². The van der Waals surface area contributed by atoms with Gasteiger partial charge in [-0.15, -0.1) is 0 Å². The molecule has 0 spiro atoms. The summed E-state index contributed by atoms with van der Waals surface area (Å²) in [6, 6.07) is 25.6. The molecule has 0 aliphatic rings. The summed E-state index contributed by atoms with van der Waals surface area (Å²) in [6.07, 6.45) is -6.08. The van der Waals surface area contributed by atoms with Crippen LogP contribution in [0.25, 0.3) is 0 Å². The predicted molar refractivity (Wildman–Crippen MR) is 270 cm³/mol. The third-order valence-electron chi connectivity index (χ3n) is 8.59. The first-order valence-corrected chi connectivity index (χ1v) is 24.1. The standard InChI is InChI=1S/4C12H17NO3.C3H8O.ClH.2Ru/c4*1-12(2,3)11(16)13-9-6-4-8(5-7-9)10(14)15;1-3(2)4;;;/h4*4-7,10,14-15H,1-3H3,(H,13,16);3-4H,1-2H3;1H;;/q;;;;;;;+1/p-1. The summed E-state index contributed by atoms with van der Waals surface area (Å²) < 4.78 is 0. The maximum atomic E-state index is 11.6. The van der Waals surface area contributed by atoms with Gasteiger partial charge in [-0.25, -0.2) is 0 Å². The normalized spacial score (nSPS) is 11.1. The summed E-state index contributed by atoms with van der Waals surface area (Å²) in [5.74, 6) is -0.316. The molecule has 4 aromatic rings. The minimum Gasteiger partial charge on any atom is 0 e. The number of carbonyl (C=O) groups is 4. The number of hydrogen-bond donors (Lipinski definition) is 13. The zero-order valence-electron chi connectivity index (χ0n) is 42.9. The minimum absolute atomic E-state index is 0. The quantitative estimate of drug-likeness (QED) is 0.0596. The molecule has 0 unspecified atom stereocenters. The van der Waals surface area contributed by atoms with Gasteiger partial charge in [-0.1, -0.05) is 132 Å². The van der Waals surface area contributed by atoms with Crippen molar-refractivity contribution >= 4 is 56.1 Å². The number of benzene rings is 4. The Bertz CT molecular complexity index is 1830. The van der Waals surface area contributed by atoms with Gasteiger partial charge in [0.05, 0.1) is 0 Å². The van der Waals surface area contributed by atoms with Crippen LogP contribution in [0.15, 0.2) is 97.1 Å². The Morgan fingerprint density at radius 1 is 0.352 bits per heavy atom. The van der Waals surface area contributed by atoms with E-state index in [2.05, 4.69) is 31.0 Å². The van der Waals surface area contributed by atoms with Crippen LogP contribution in [-0.4, -0.2) is 75.7 Å². The molecule has 20 heteroatoms. The van der Waals surface area contributed by atoms with Crippen molar-refractivity contribution in [3.05, 3.63) is 119 Å². The van der Waals surface area contributed by atoms with E-state index in [0.29, 0.717) is 45.0 Å². The molecule has 17 nitrogen and oxygen atoms in total. The van der Waals surface area contributed by atoms with Gasteiger partial charge in [0.25, 0.3) is 0 Å². The monoisotopic (exact) mass is 1190 g/mol. The van der Waals surface area contributed by atoms with Crippen LogP contribution in [0.2, 0.25) is 0 Å². The van der Waals surface area contributed by atoms with E-state index in [-0.39, 0.29) is 49.2 Å². The number of halogens is 1.